The second-order valence-electron chi connectivity index (χ2n) is 3.37. The van der Waals surface area contributed by atoms with Crippen LogP contribution in [0, 0.1) is 10.8 Å². The Morgan fingerprint density at radius 1 is 1.30 bits per heavy atom. The monoisotopic (exact) mass is 152 g/mol. The maximum absolute atomic E-state index is 12.0. The Balaban J connectivity index is 2.14. The number of aliphatic hydroxyl groups excluding tert-OH is 1. The maximum atomic E-state index is 12.0. The summed E-state index contributed by atoms with van der Waals surface area (Å²) >= 11 is 0. The molecule has 4 heteroatoms. The van der Waals surface area contributed by atoms with Gasteiger partial charge in [0.2, 0.25) is 0 Å². The summed E-state index contributed by atoms with van der Waals surface area (Å²) in [4.78, 5) is 0. The van der Waals surface area contributed by atoms with Crippen LogP contribution in [0.15, 0.2) is 0 Å². The van der Waals surface area contributed by atoms with E-state index in [2.05, 4.69) is 0 Å². The molecule has 0 saturated heterocycles. The highest BCUT2D eigenvalue weighted by molar-refractivity contribution is 5.33. The third-order valence-electron chi connectivity index (χ3n) is 2.89. The van der Waals surface area contributed by atoms with Crippen molar-refractivity contribution in [2.24, 2.45) is 10.8 Å². The molecule has 0 spiro atoms. The molecular weight excluding hydrogens is 145 g/mol. The van der Waals surface area contributed by atoms with E-state index in [1.165, 1.54) is 0 Å². The second-order valence-corrected chi connectivity index (χ2v) is 3.37. The highest BCUT2D eigenvalue weighted by Gasteiger charge is 2.92. The molecule has 0 unspecified atom stereocenters. The summed E-state index contributed by atoms with van der Waals surface area (Å²) < 4.78 is 36.0. The Bertz CT molecular complexity index is 178. The van der Waals surface area contributed by atoms with Crippen LogP contribution in [0.2, 0.25) is 0 Å². The van der Waals surface area contributed by atoms with Crippen molar-refractivity contribution in [2.75, 3.05) is 6.61 Å². The maximum Gasteiger partial charge on any atom is 0.395 e. The number of hydrogen-bond donors (Lipinski definition) is 1. The summed E-state index contributed by atoms with van der Waals surface area (Å²) in [5.74, 6) is 0. The zero-order valence-electron chi connectivity index (χ0n) is 5.20. The van der Waals surface area contributed by atoms with Gasteiger partial charge in [0.1, 0.15) is 0 Å². The van der Waals surface area contributed by atoms with Gasteiger partial charge >= 0.3 is 6.18 Å². The molecule has 0 atom stereocenters. The lowest BCUT2D eigenvalue weighted by molar-refractivity contribution is -0.168. The molecule has 2 fully saturated rings. The topological polar surface area (TPSA) is 20.2 Å². The molecule has 2 aliphatic carbocycles. The highest BCUT2D eigenvalue weighted by atomic mass is 19.4. The smallest absolute Gasteiger partial charge is 0.395 e. The van der Waals surface area contributed by atoms with Gasteiger partial charge in [0, 0.05) is 12.0 Å². The molecule has 1 nitrogen and oxygen atoms in total. The van der Waals surface area contributed by atoms with Crippen LogP contribution in [0.25, 0.3) is 0 Å². The van der Waals surface area contributed by atoms with E-state index in [4.69, 9.17) is 5.11 Å². The zero-order valence-corrected chi connectivity index (χ0v) is 5.20. The lowest BCUT2D eigenvalue weighted by Gasteiger charge is -2.06. The number of halogens is 3. The van der Waals surface area contributed by atoms with Gasteiger partial charge in [-0.3, -0.25) is 0 Å². The third kappa shape index (κ3) is 0.427. The number of aliphatic hydroxyl groups is 1. The van der Waals surface area contributed by atoms with Crippen LogP contribution in [0.1, 0.15) is 12.8 Å². The average molecular weight is 152 g/mol. The van der Waals surface area contributed by atoms with Crippen LogP contribution in [-0.2, 0) is 0 Å². The van der Waals surface area contributed by atoms with Gasteiger partial charge in [-0.1, -0.05) is 0 Å². The largest absolute Gasteiger partial charge is 0.396 e. The fraction of sp³-hybridized carbons (Fsp3) is 1.00. The van der Waals surface area contributed by atoms with Crippen molar-refractivity contribution >= 4 is 0 Å². The first-order valence-electron chi connectivity index (χ1n) is 3.15. The number of rotatable bonds is 1. The molecule has 2 saturated carbocycles. The molecule has 0 aliphatic heterocycles. The van der Waals surface area contributed by atoms with Gasteiger partial charge in [-0.2, -0.15) is 13.2 Å². The normalized spacial score (nSPS) is 50.4. The fourth-order valence-electron chi connectivity index (χ4n) is 1.78. The Morgan fingerprint density at radius 3 is 1.90 bits per heavy atom. The Labute approximate surface area is 55.8 Å². The molecule has 2 rings (SSSR count). The van der Waals surface area contributed by atoms with Crippen LogP contribution in [-0.4, -0.2) is 17.9 Å². The van der Waals surface area contributed by atoms with Crippen molar-refractivity contribution < 1.29 is 18.3 Å². The highest BCUT2D eigenvalue weighted by Crippen LogP contribution is 2.90. The van der Waals surface area contributed by atoms with Crippen molar-refractivity contribution in [3.8, 4) is 0 Å². The molecule has 0 radical (unpaired) electrons. The molecule has 0 amide bonds. The van der Waals surface area contributed by atoms with Crippen molar-refractivity contribution in [3.05, 3.63) is 0 Å². The quantitative estimate of drug-likeness (QED) is 0.600. The van der Waals surface area contributed by atoms with E-state index >= 15 is 0 Å². The van der Waals surface area contributed by atoms with E-state index < -0.39 is 17.0 Å². The van der Waals surface area contributed by atoms with E-state index in [9.17, 15) is 13.2 Å². The van der Waals surface area contributed by atoms with Crippen molar-refractivity contribution in [1.82, 2.24) is 0 Å². The van der Waals surface area contributed by atoms with E-state index in [1.807, 2.05) is 0 Å². The van der Waals surface area contributed by atoms with E-state index in [1.54, 1.807) is 0 Å². The SMILES string of the molecule is OCC12CC1(C(F)(F)F)C2. The first-order chi connectivity index (χ1) is 4.47. The molecule has 10 heavy (non-hydrogen) atoms. The summed E-state index contributed by atoms with van der Waals surface area (Å²) in [7, 11) is 0. The summed E-state index contributed by atoms with van der Waals surface area (Å²) in [6, 6.07) is 0. The predicted molar refractivity (Wildman–Crippen MR) is 27.2 cm³/mol. The summed E-state index contributed by atoms with van der Waals surface area (Å²) in [5.41, 5.74) is -2.18. The minimum absolute atomic E-state index is 0.153. The summed E-state index contributed by atoms with van der Waals surface area (Å²) in [6.45, 7) is -0.299. The van der Waals surface area contributed by atoms with Gasteiger partial charge < -0.3 is 5.11 Å². The molecule has 1 N–H and O–H groups in total. The van der Waals surface area contributed by atoms with Crippen molar-refractivity contribution in [2.45, 2.75) is 19.0 Å². The van der Waals surface area contributed by atoms with Crippen molar-refractivity contribution in [3.63, 3.8) is 0 Å². The summed E-state index contributed by atoms with van der Waals surface area (Å²) in [6.07, 6.45) is -3.77. The van der Waals surface area contributed by atoms with Gasteiger partial charge in [-0.25, -0.2) is 0 Å². The van der Waals surface area contributed by atoms with Crippen LogP contribution >= 0.6 is 0 Å². The fourth-order valence-corrected chi connectivity index (χ4v) is 1.78. The molecule has 0 aromatic heterocycles. The summed E-state index contributed by atoms with van der Waals surface area (Å²) in [5, 5.41) is 8.54. The van der Waals surface area contributed by atoms with Crippen LogP contribution < -0.4 is 0 Å². The predicted octanol–water partition coefficient (Wildman–Crippen LogP) is 1.32. The van der Waals surface area contributed by atoms with Gasteiger partial charge in [0.05, 0.1) is 5.41 Å². The molecule has 0 aromatic rings. The third-order valence-corrected chi connectivity index (χ3v) is 2.89. The number of alkyl halides is 3. The van der Waals surface area contributed by atoms with Crippen LogP contribution in [0.5, 0.6) is 0 Å². The minimum atomic E-state index is -4.07. The van der Waals surface area contributed by atoms with Crippen LogP contribution in [0.3, 0.4) is 0 Å². The lowest BCUT2D eigenvalue weighted by Crippen LogP contribution is -2.16. The first-order valence-corrected chi connectivity index (χ1v) is 3.15. The van der Waals surface area contributed by atoms with Crippen LogP contribution in [0.4, 0.5) is 13.2 Å². The number of fused-ring (bicyclic) bond motifs is 1. The molecule has 0 aromatic carbocycles. The second kappa shape index (κ2) is 1.22. The van der Waals surface area contributed by atoms with Gasteiger partial charge in [-0.15, -0.1) is 0 Å². The molecular formula is C6H7F3O. The molecule has 0 bridgehead atoms. The zero-order chi connectivity index (χ0) is 7.62. The van der Waals surface area contributed by atoms with E-state index in [-0.39, 0.29) is 19.4 Å². The Hall–Kier alpha value is -0.250. The number of hydrogen-bond acceptors (Lipinski definition) is 1. The Kier molecular flexibility index (Phi) is 0.788. The average Bonchev–Trinajstić information content (AvgIpc) is 2.42. The molecule has 58 valence electrons. The van der Waals surface area contributed by atoms with Gasteiger partial charge in [-0.05, 0) is 12.8 Å². The minimum Gasteiger partial charge on any atom is -0.396 e. The van der Waals surface area contributed by atoms with Gasteiger partial charge in [0.15, 0.2) is 0 Å². The van der Waals surface area contributed by atoms with Crippen molar-refractivity contribution in [1.29, 1.82) is 0 Å². The lowest BCUT2D eigenvalue weighted by atomic mass is 10.2. The first kappa shape index (κ1) is 6.46. The van der Waals surface area contributed by atoms with E-state index in [0.29, 0.717) is 0 Å². The standard InChI is InChI=1S/C6H7F3O/c7-6(8,9)5-1-4(5,2-5)3-10/h10H,1-3H2. The van der Waals surface area contributed by atoms with Gasteiger partial charge in [0.25, 0.3) is 0 Å². The van der Waals surface area contributed by atoms with E-state index in [0.717, 1.165) is 0 Å². The Morgan fingerprint density at radius 2 is 1.80 bits per heavy atom. The molecule has 0 heterocycles. The molecule has 2 aliphatic rings.